The van der Waals surface area contributed by atoms with E-state index in [9.17, 15) is 14.4 Å². The van der Waals surface area contributed by atoms with Crippen LogP contribution in [0.2, 0.25) is 0 Å². The Hall–Kier alpha value is -4.05. The number of nitrogens with one attached hydrogen (secondary N) is 1. The summed E-state index contributed by atoms with van der Waals surface area (Å²) < 4.78 is 22.0. The first-order valence-electron chi connectivity index (χ1n) is 11.5. The molecule has 0 atom stereocenters. The van der Waals surface area contributed by atoms with Crippen LogP contribution in [0.5, 0.6) is 5.75 Å². The summed E-state index contributed by atoms with van der Waals surface area (Å²) in [4.78, 5) is 17.0. The SMILES string of the molecule is CCOc1ccc(-c2nnc(C3CC(NC(=O)C4=CC=CCN4O)C3)n2-c2ccccc2F)nc1. The minimum absolute atomic E-state index is 0.0330. The van der Waals surface area contributed by atoms with Crippen molar-refractivity contribution in [1.29, 1.82) is 0 Å². The summed E-state index contributed by atoms with van der Waals surface area (Å²) in [5, 5.41) is 22.5. The number of hydrogen-bond donors (Lipinski definition) is 2. The molecule has 1 aromatic carbocycles. The number of benzene rings is 1. The van der Waals surface area contributed by atoms with E-state index in [4.69, 9.17) is 4.74 Å². The largest absolute Gasteiger partial charge is 0.492 e. The van der Waals surface area contributed by atoms with E-state index in [-0.39, 0.29) is 30.1 Å². The second-order valence-corrected chi connectivity index (χ2v) is 8.38. The highest BCUT2D eigenvalue weighted by atomic mass is 19.1. The minimum atomic E-state index is -0.398. The van der Waals surface area contributed by atoms with Crippen molar-refractivity contribution in [3.05, 3.63) is 78.2 Å². The number of rotatable bonds is 7. The third kappa shape index (κ3) is 4.52. The van der Waals surface area contributed by atoms with Crippen LogP contribution >= 0.6 is 0 Å². The number of carbonyl (C=O) groups is 1. The van der Waals surface area contributed by atoms with E-state index in [2.05, 4.69) is 20.5 Å². The summed E-state index contributed by atoms with van der Waals surface area (Å²) in [6, 6.07) is 9.93. The number of hydrogen-bond acceptors (Lipinski definition) is 7. The molecule has 1 amide bonds. The van der Waals surface area contributed by atoms with Crippen molar-refractivity contribution in [3.8, 4) is 23.0 Å². The number of hydroxylamine groups is 2. The molecule has 0 bridgehead atoms. The topological polar surface area (TPSA) is 105 Å². The zero-order valence-electron chi connectivity index (χ0n) is 19.1. The number of pyridine rings is 1. The molecule has 1 aliphatic heterocycles. The highest BCUT2D eigenvalue weighted by molar-refractivity contribution is 5.93. The lowest BCUT2D eigenvalue weighted by Crippen LogP contribution is -2.46. The number of nitrogens with zero attached hydrogens (tertiary/aromatic N) is 5. The second kappa shape index (κ2) is 9.67. The maximum atomic E-state index is 14.9. The number of halogens is 1. The average molecular weight is 477 g/mol. The fourth-order valence-corrected chi connectivity index (χ4v) is 4.26. The van der Waals surface area contributed by atoms with Crippen LogP contribution in [0.3, 0.4) is 0 Å². The summed E-state index contributed by atoms with van der Waals surface area (Å²) in [6.07, 6.45) is 7.89. The Morgan fingerprint density at radius 3 is 2.77 bits per heavy atom. The molecule has 1 fully saturated rings. The van der Waals surface area contributed by atoms with Gasteiger partial charge >= 0.3 is 0 Å². The molecule has 2 N–H and O–H groups in total. The summed E-state index contributed by atoms with van der Waals surface area (Å²) >= 11 is 0. The van der Waals surface area contributed by atoms with Crippen LogP contribution in [-0.4, -0.2) is 55.1 Å². The molecule has 1 aliphatic carbocycles. The normalized spacial score (nSPS) is 19.2. The van der Waals surface area contributed by atoms with Gasteiger partial charge in [-0.05, 0) is 50.1 Å². The van der Waals surface area contributed by atoms with Crippen LogP contribution in [0.4, 0.5) is 4.39 Å². The predicted molar refractivity (Wildman–Crippen MR) is 125 cm³/mol. The van der Waals surface area contributed by atoms with Crippen molar-refractivity contribution >= 4 is 5.91 Å². The summed E-state index contributed by atoms with van der Waals surface area (Å²) in [7, 11) is 0. The van der Waals surface area contributed by atoms with Crippen LogP contribution in [0.25, 0.3) is 17.2 Å². The third-order valence-electron chi connectivity index (χ3n) is 6.08. The molecule has 0 saturated heterocycles. The van der Waals surface area contributed by atoms with Crippen molar-refractivity contribution in [2.75, 3.05) is 13.2 Å². The first kappa shape index (κ1) is 22.7. The predicted octanol–water partition coefficient (Wildman–Crippen LogP) is 3.37. The maximum Gasteiger partial charge on any atom is 0.270 e. The van der Waals surface area contributed by atoms with Gasteiger partial charge in [-0.1, -0.05) is 24.3 Å². The minimum Gasteiger partial charge on any atom is -0.492 e. The van der Waals surface area contributed by atoms with Gasteiger partial charge in [0, 0.05) is 12.0 Å². The van der Waals surface area contributed by atoms with Crippen LogP contribution in [0, 0.1) is 5.82 Å². The van der Waals surface area contributed by atoms with Crippen LogP contribution in [-0.2, 0) is 4.79 Å². The molecule has 10 heteroatoms. The van der Waals surface area contributed by atoms with Gasteiger partial charge in [0.15, 0.2) is 5.82 Å². The summed E-state index contributed by atoms with van der Waals surface area (Å²) in [5.74, 6) is 0.899. The number of ether oxygens (including phenoxy) is 1. The smallest absolute Gasteiger partial charge is 0.270 e. The van der Waals surface area contributed by atoms with Gasteiger partial charge in [-0.15, -0.1) is 10.2 Å². The number of para-hydroxylation sites is 1. The molecule has 5 rings (SSSR count). The highest BCUT2D eigenvalue weighted by Crippen LogP contribution is 2.39. The van der Waals surface area contributed by atoms with Gasteiger partial charge in [-0.3, -0.25) is 14.6 Å². The molecule has 1 saturated carbocycles. The van der Waals surface area contributed by atoms with E-state index in [1.165, 1.54) is 6.07 Å². The lowest BCUT2D eigenvalue weighted by Gasteiger charge is -2.36. The second-order valence-electron chi connectivity index (χ2n) is 8.38. The van der Waals surface area contributed by atoms with E-state index in [1.807, 2.05) is 6.92 Å². The molecular formula is C25H25FN6O3. The van der Waals surface area contributed by atoms with Gasteiger partial charge in [-0.25, -0.2) is 14.4 Å². The van der Waals surface area contributed by atoms with Crippen molar-refractivity contribution in [2.24, 2.45) is 0 Å². The average Bonchev–Trinajstić information content (AvgIpc) is 3.26. The molecular weight excluding hydrogens is 451 g/mol. The van der Waals surface area contributed by atoms with E-state index in [0.717, 1.165) is 5.06 Å². The number of allylic oxidation sites excluding steroid dienone is 2. The van der Waals surface area contributed by atoms with Gasteiger partial charge in [0.25, 0.3) is 5.91 Å². The van der Waals surface area contributed by atoms with Gasteiger partial charge in [0.2, 0.25) is 0 Å². The highest BCUT2D eigenvalue weighted by Gasteiger charge is 2.37. The lowest BCUT2D eigenvalue weighted by atomic mass is 9.79. The van der Waals surface area contributed by atoms with Gasteiger partial charge in [0.1, 0.15) is 28.8 Å². The van der Waals surface area contributed by atoms with Crippen molar-refractivity contribution < 1.29 is 19.1 Å². The number of amides is 1. The molecule has 9 nitrogen and oxygen atoms in total. The van der Waals surface area contributed by atoms with Crippen molar-refractivity contribution in [3.63, 3.8) is 0 Å². The Morgan fingerprint density at radius 2 is 2.06 bits per heavy atom. The van der Waals surface area contributed by atoms with Crippen LogP contribution in [0.1, 0.15) is 31.5 Å². The summed E-state index contributed by atoms with van der Waals surface area (Å²) in [6.45, 7) is 2.69. The molecule has 3 aromatic rings. The molecule has 0 radical (unpaired) electrons. The zero-order chi connectivity index (χ0) is 24.4. The van der Waals surface area contributed by atoms with Crippen molar-refractivity contribution in [2.45, 2.75) is 31.7 Å². The third-order valence-corrected chi connectivity index (χ3v) is 6.08. The standard InChI is InChI=1S/C25H25FN6O3/c1-2-35-18-10-11-20(27-15-18)24-30-29-23(32(24)21-8-4-3-7-19(21)26)16-13-17(14-16)28-25(33)22-9-5-6-12-31(22)34/h3-11,15-17,34H,2,12-14H2,1H3,(H,28,33). The van der Waals surface area contributed by atoms with Gasteiger partial charge in [-0.2, -0.15) is 0 Å². The Bertz CT molecular complexity index is 1280. The lowest BCUT2D eigenvalue weighted by molar-refractivity contribution is -0.127. The Labute approximate surface area is 201 Å². The number of carbonyl (C=O) groups excluding carboxylic acids is 1. The zero-order valence-corrected chi connectivity index (χ0v) is 19.1. The Kier molecular flexibility index (Phi) is 6.28. The van der Waals surface area contributed by atoms with Gasteiger partial charge in [0.05, 0.1) is 25.0 Å². The number of aromatic nitrogens is 4. The Balaban J connectivity index is 1.39. The fourth-order valence-electron chi connectivity index (χ4n) is 4.26. The molecule has 0 unspecified atom stereocenters. The van der Waals surface area contributed by atoms with E-state index in [1.54, 1.807) is 59.3 Å². The van der Waals surface area contributed by atoms with E-state index in [0.29, 0.717) is 48.2 Å². The molecule has 2 aliphatic rings. The molecule has 3 heterocycles. The fraction of sp³-hybridized carbons (Fsp3) is 0.280. The molecule has 0 spiro atoms. The van der Waals surface area contributed by atoms with E-state index < -0.39 is 5.82 Å². The van der Waals surface area contributed by atoms with Crippen LogP contribution in [0.15, 0.2) is 66.5 Å². The summed E-state index contributed by atoms with van der Waals surface area (Å²) in [5.41, 5.74) is 1.08. The quantitative estimate of drug-likeness (QED) is 0.539. The first-order chi connectivity index (χ1) is 17.0. The Morgan fingerprint density at radius 1 is 1.23 bits per heavy atom. The van der Waals surface area contributed by atoms with Gasteiger partial charge < -0.3 is 10.1 Å². The van der Waals surface area contributed by atoms with E-state index >= 15 is 0 Å². The molecule has 35 heavy (non-hydrogen) atoms. The monoisotopic (exact) mass is 476 g/mol. The van der Waals surface area contributed by atoms with Crippen molar-refractivity contribution in [1.82, 2.24) is 30.1 Å². The first-order valence-corrected chi connectivity index (χ1v) is 11.5. The van der Waals surface area contributed by atoms with Crippen LogP contribution < -0.4 is 10.1 Å². The molecule has 2 aromatic heterocycles. The molecule has 180 valence electrons. The maximum absolute atomic E-state index is 14.9.